The minimum absolute atomic E-state index is 0.0664. The van der Waals surface area contributed by atoms with E-state index < -0.39 is 29.9 Å². The van der Waals surface area contributed by atoms with Crippen LogP contribution in [0.2, 0.25) is 5.02 Å². The van der Waals surface area contributed by atoms with Crippen molar-refractivity contribution in [1.82, 2.24) is 9.99 Å². The van der Waals surface area contributed by atoms with Gasteiger partial charge >= 0.3 is 0 Å². The van der Waals surface area contributed by atoms with Crippen molar-refractivity contribution in [3.63, 3.8) is 0 Å². The Bertz CT molecular complexity index is 1420. The van der Waals surface area contributed by atoms with Crippen molar-refractivity contribution in [2.45, 2.75) is 44.4 Å². The third-order valence-electron chi connectivity index (χ3n) is 7.27. The maximum atomic E-state index is 15.8. The van der Waals surface area contributed by atoms with Crippen LogP contribution in [0.3, 0.4) is 0 Å². The third kappa shape index (κ3) is 6.90. The minimum Gasteiger partial charge on any atom is -0.301 e. The summed E-state index contributed by atoms with van der Waals surface area (Å²) < 4.78 is 46.2. The molecule has 2 atom stereocenters. The van der Waals surface area contributed by atoms with Crippen molar-refractivity contribution in [3.8, 4) is 0 Å². The predicted octanol–water partition coefficient (Wildman–Crippen LogP) is 7.78. The summed E-state index contributed by atoms with van der Waals surface area (Å²) in [7, 11) is 0. The van der Waals surface area contributed by atoms with E-state index >= 15 is 8.78 Å². The van der Waals surface area contributed by atoms with Gasteiger partial charge in [-0.1, -0.05) is 84.8 Å². The lowest BCUT2D eigenvalue weighted by molar-refractivity contribution is -0.0443. The molecule has 3 aromatic carbocycles. The normalized spacial score (nSPS) is 13.1. The highest BCUT2D eigenvalue weighted by atomic mass is 35.5. The van der Waals surface area contributed by atoms with Crippen LogP contribution in [0.25, 0.3) is 0 Å². The zero-order valence-corrected chi connectivity index (χ0v) is 23.2. The van der Waals surface area contributed by atoms with Gasteiger partial charge in [-0.05, 0) is 65.8 Å². The quantitative estimate of drug-likeness (QED) is 0.0846. The zero-order valence-electron chi connectivity index (χ0n) is 22.4. The number of nitrogens with two attached hydrogens (primary N) is 1. The van der Waals surface area contributed by atoms with Crippen molar-refractivity contribution in [2.24, 2.45) is 5.84 Å². The lowest BCUT2D eigenvalue weighted by atomic mass is 9.88. The molecular weight excluding hydrogens is 533 g/mol. The summed E-state index contributed by atoms with van der Waals surface area (Å²) in [6.07, 6.45) is 4.03. The highest BCUT2D eigenvalue weighted by Gasteiger charge is 2.45. The molecule has 4 nitrogen and oxygen atoms in total. The summed E-state index contributed by atoms with van der Waals surface area (Å²) >= 11 is 5.83. The van der Waals surface area contributed by atoms with Crippen molar-refractivity contribution in [2.75, 3.05) is 6.54 Å². The van der Waals surface area contributed by atoms with Crippen LogP contribution >= 0.6 is 11.6 Å². The van der Waals surface area contributed by atoms with Crippen LogP contribution in [0.4, 0.5) is 13.2 Å². The van der Waals surface area contributed by atoms with Gasteiger partial charge in [0.25, 0.3) is 5.92 Å². The van der Waals surface area contributed by atoms with Crippen LogP contribution in [0.5, 0.6) is 0 Å². The Morgan fingerprint density at radius 2 is 1.55 bits per heavy atom. The molecule has 0 radical (unpaired) electrons. The van der Waals surface area contributed by atoms with E-state index in [2.05, 4.69) is 60.4 Å². The van der Waals surface area contributed by atoms with Gasteiger partial charge < -0.3 is 5.01 Å². The molecule has 4 rings (SSSR count). The smallest absolute Gasteiger partial charge is 0.298 e. The molecule has 1 heterocycles. The number of hydrogen-bond donors (Lipinski definition) is 2. The van der Waals surface area contributed by atoms with Crippen molar-refractivity contribution in [1.29, 1.82) is 5.41 Å². The molecule has 0 bridgehead atoms. The van der Waals surface area contributed by atoms with Gasteiger partial charge in [0.1, 0.15) is 11.5 Å². The Labute approximate surface area is 238 Å². The minimum atomic E-state index is -3.57. The molecule has 0 amide bonds. The summed E-state index contributed by atoms with van der Waals surface area (Å²) in [5.74, 6) is -0.560. The molecule has 208 valence electrons. The Balaban J connectivity index is 1.50. The molecule has 0 saturated carbocycles. The summed E-state index contributed by atoms with van der Waals surface area (Å²) in [5.41, 5.74) is 4.83. The van der Waals surface area contributed by atoms with E-state index in [4.69, 9.17) is 22.9 Å². The number of halogens is 4. The van der Waals surface area contributed by atoms with Crippen molar-refractivity contribution < 1.29 is 13.2 Å². The van der Waals surface area contributed by atoms with Gasteiger partial charge in [0.2, 0.25) is 0 Å². The molecule has 1 aromatic heterocycles. The molecule has 40 heavy (non-hydrogen) atoms. The second-order valence-corrected chi connectivity index (χ2v) is 10.5. The number of rotatable bonds is 11. The number of hydrazine groups is 1. The number of aromatic nitrogens is 1. The SMILES string of the molecule is Cc1ccc(CCc2ccc(C(C)c3ccc(C(F)(F)C(CN(N)C=N)c4ccc(Cl)cc4F)nc3)cc2)cc1. The molecule has 0 fully saturated rings. The first-order valence-electron chi connectivity index (χ1n) is 13.0. The van der Waals surface area contributed by atoms with Gasteiger partial charge in [-0.25, -0.2) is 10.2 Å². The van der Waals surface area contributed by atoms with Crippen molar-refractivity contribution >= 4 is 17.9 Å². The van der Waals surface area contributed by atoms with Crippen LogP contribution in [0.15, 0.2) is 85.1 Å². The fourth-order valence-electron chi connectivity index (χ4n) is 4.70. The van der Waals surface area contributed by atoms with Crippen LogP contribution < -0.4 is 5.84 Å². The molecule has 0 spiro atoms. The van der Waals surface area contributed by atoms with E-state index in [1.54, 1.807) is 6.07 Å². The van der Waals surface area contributed by atoms with Gasteiger partial charge in [0.15, 0.2) is 0 Å². The van der Waals surface area contributed by atoms with E-state index in [-0.39, 0.29) is 16.5 Å². The van der Waals surface area contributed by atoms with Crippen molar-refractivity contribution in [3.05, 3.63) is 135 Å². The molecule has 0 saturated heterocycles. The summed E-state index contributed by atoms with van der Waals surface area (Å²) in [4.78, 5) is 4.10. The molecule has 2 unspecified atom stereocenters. The highest BCUT2D eigenvalue weighted by Crippen LogP contribution is 2.43. The predicted molar refractivity (Wildman–Crippen MR) is 155 cm³/mol. The van der Waals surface area contributed by atoms with Gasteiger partial charge in [-0.3, -0.25) is 10.4 Å². The molecule has 8 heteroatoms. The molecule has 3 N–H and O–H groups in total. The maximum Gasteiger partial charge on any atom is 0.298 e. The van der Waals surface area contributed by atoms with Crippen LogP contribution in [-0.4, -0.2) is 22.9 Å². The zero-order chi connectivity index (χ0) is 28.9. The fraction of sp³-hybridized carbons (Fsp3) is 0.250. The molecule has 0 aliphatic rings. The number of pyridine rings is 1. The molecule has 0 aliphatic carbocycles. The van der Waals surface area contributed by atoms with Crippen LogP contribution in [0.1, 0.15) is 57.8 Å². The number of nitrogens with zero attached hydrogens (tertiary/aromatic N) is 2. The summed E-state index contributed by atoms with van der Waals surface area (Å²) in [5, 5.41) is 8.18. The van der Waals surface area contributed by atoms with Crippen LogP contribution in [0, 0.1) is 18.2 Å². The first-order valence-corrected chi connectivity index (χ1v) is 13.4. The molecular formula is C32H32ClF3N4. The Hall–Kier alpha value is -3.68. The first kappa shape index (κ1) is 29.3. The first-order chi connectivity index (χ1) is 19.1. The summed E-state index contributed by atoms with van der Waals surface area (Å²) in [6.45, 7) is 3.58. The number of alkyl halides is 2. The fourth-order valence-corrected chi connectivity index (χ4v) is 4.86. The van der Waals surface area contributed by atoms with Crippen LogP contribution in [-0.2, 0) is 18.8 Å². The van der Waals surface area contributed by atoms with Gasteiger partial charge in [0.05, 0.1) is 12.3 Å². The van der Waals surface area contributed by atoms with Gasteiger partial charge in [-0.2, -0.15) is 8.78 Å². The van der Waals surface area contributed by atoms with Gasteiger partial charge in [0, 0.05) is 23.7 Å². The number of aryl methyl sites for hydroxylation is 3. The highest BCUT2D eigenvalue weighted by molar-refractivity contribution is 6.30. The second kappa shape index (κ2) is 12.7. The standard InChI is InChI=1S/C32H32ClF3N4/c1-21-3-5-23(6-4-21)7-8-24-9-11-25(12-10-24)22(2)26-13-16-31(39-18-26)32(35,36)29(19-40(38)20-37)28-15-14-27(33)17-30(28)34/h3-6,9-18,20,22,29,37H,7-8,19,38H2,1-2H3. The largest absolute Gasteiger partial charge is 0.301 e. The topological polar surface area (TPSA) is 66.0 Å². The Kier molecular flexibility index (Phi) is 9.28. The number of hydrogen-bond acceptors (Lipinski definition) is 3. The Morgan fingerprint density at radius 3 is 2.10 bits per heavy atom. The second-order valence-electron chi connectivity index (χ2n) is 10.1. The van der Waals surface area contributed by atoms with Gasteiger partial charge in [-0.15, -0.1) is 0 Å². The third-order valence-corrected chi connectivity index (χ3v) is 7.50. The lowest BCUT2D eigenvalue weighted by Gasteiger charge is -2.30. The average Bonchev–Trinajstić information content (AvgIpc) is 2.96. The van der Waals surface area contributed by atoms with E-state index in [1.807, 2.05) is 6.92 Å². The van der Waals surface area contributed by atoms with E-state index in [0.717, 1.165) is 35.0 Å². The molecule has 0 aliphatic heterocycles. The molecule has 4 aromatic rings. The maximum absolute atomic E-state index is 15.8. The number of benzene rings is 3. The number of nitrogens with one attached hydrogen (secondary N) is 1. The van der Waals surface area contributed by atoms with E-state index in [9.17, 15) is 4.39 Å². The van der Waals surface area contributed by atoms with E-state index in [1.165, 1.54) is 41.1 Å². The van der Waals surface area contributed by atoms with E-state index in [0.29, 0.717) is 6.34 Å². The summed E-state index contributed by atoms with van der Waals surface area (Å²) in [6, 6.07) is 23.3. The lowest BCUT2D eigenvalue weighted by Crippen LogP contribution is -2.39. The average molecular weight is 565 g/mol. The monoisotopic (exact) mass is 564 g/mol. The Morgan fingerprint density at radius 1 is 0.950 bits per heavy atom.